The van der Waals surface area contributed by atoms with Crippen LogP contribution < -0.4 is 5.32 Å². The molecule has 19 heavy (non-hydrogen) atoms. The molecule has 0 fully saturated rings. The maximum absolute atomic E-state index is 10.6. The Morgan fingerprint density at radius 2 is 2.16 bits per heavy atom. The van der Waals surface area contributed by atoms with Crippen molar-refractivity contribution in [1.82, 2.24) is 5.32 Å². The van der Waals surface area contributed by atoms with E-state index in [0.717, 1.165) is 5.56 Å². The molecule has 0 saturated heterocycles. The summed E-state index contributed by atoms with van der Waals surface area (Å²) >= 11 is 0. The fourth-order valence-electron chi connectivity index (χ4n) is 1.49. The van der Waals surface area contributed by atoms with Crippen molar-refractivity contribution in [2.75, 3.05) is 6.61 Å². The molecular formula is C13H17N3O3. The second-order valence-corrected chi connectivity index (χ2v) is 3.81. The van der Waals surface area contributed by atoms with E-state index in [4.69, 9.17) is 10.1 Å². The molecular weight excluding hydrogens is 246 g/mol. The first-order chi connectivity index (χ1) is 9.08. The van der Waals surface area contributed by atoms with Crippen molar-refractivity contribution >= 4 is 17.5 Å². The van der Waals surface area contributed by atoms with Crippen LogP contribution in [0.1, 0.15) is 19.4 Å². The lowest BCUT2D eigenvalue weighted by Crippen LogP contribution is -2.24. The van der Waals surface area contributed by atoms with Gasteiger partial charge in [0, 0.05) is 36.7 Å². The maximum Gasteiger partial charge on any atom is 0.269 e. The maximum atomic E-state index is 10.6. The highest BCUT2D eigenvalue weighted by Crippen LogP contribution is 2.17. The summed E-state index contributed by atoms with van der Waals surface area (Å²) in [4.78, 5) is 10.1. The molecule has 0 heterocycles. The Balaban J connectivity index is 2.82. The Bertz CT molecular complexity index is 469. The topological polar surface area (TPSA) is 88.2 Å². The number of ether oxygens (including phenoxy) is 1. The highest BCUT2D eigenvalue weighted by molar-refractivity contribution is 6.08. The van der Waals surface area contributed by atoms with Gasteiger partial charge in [-0.15, -0.1) is 0 Å². The Labute approximate surface area is 111 Å². The predicted octanol–water partition coefficient (Wildman–Crippen LogP) is 2.56. The summed E-state index contributed by atoms with van der Waals surface area (Å²) in [6.07, 6.45) is 2.69. The summed E-state index contributed by atoms with van der Waals surface area (Å²) in [5.74, 6) is 0. The van der Waals surface area contributed by atoms with Gasteiger partial charge in [0.15, 0.2) is 0 Å². The molecule has 0 aromatic heterocycles. The van der Waals surface area contributed by atoms with Crippen LogP contribution in [0.3, 0.4) is 0 Å². The lowest BCUT2D eigenvalue weighted by atomic mass is 10.1. The summed E-state index contributed by atoms with van der Waals surface area (Å²) in [6.45, 7) is 4.35. The molecule has 0 aliphatic carbocycles. The number of non-ortho nitro benzene ring substituents is 1. The SMILES string of the molecule is CCOC(C)N/C=C(\C=N)c1ccc([N+](=O)[O-])cc1. The third kappa shape index (κ3) is 4.51. The molecule has 1 unspecified atom stereocenters. The average Bonchev–Trinajstić information content (AvgIpc) is 2.40. The van der Waals surface area contributed by atoms with E-state index in [1.807, 2.05) is 13.8 Å². The summed E-state index contributed by atoms with van der Waals surface area (Å²) in [5, 5.41) is 20.9. The Hall–Kier alpha value is -2.21. The number of allylic oxidation sites excluding steroid dienone is 1. The van der Waals surface area contributed by atoms with Gasteiger partial charge < -0.3 is 15.5 Å². The number of hydrogen-bond donors (Lipinski definition) is 2. The van der Waals surface area contributed by atoms with Gasteiger partial charge in [0.05, 0.1) is 4.92 Å². The van der Waals surface area contributed by atoms with Crippen molar-refractivity contribution in [3.63, 3.8) is 0 Å². The van der Waals surface area contributed by atoms with Crippen LogP contribution in [0.15, 0.2) is 30.5 Å². The van der Waals surface area contributed by atoms with E-state index in [1.54, 1.807) is 18.3 Å². The van der Waals surface area contributed by atoms with Crippen molar-refractivity contribution in [2.24, 2.45) is 0 Å². The van der Waals surface area contributed by atoms with Gasteiger partial charge in [-0.25, -0.2) is 0 Å². The smallest absolute Gasteiger partial charge is 0.269 e. The van der Waals surface area contributed by atoms with Gasteiger partial charge in [-0.1, -0.05) is 0 Å². The zero-order valence-corrected chi connectivity index (χ0v) is 10.9. The second-order valence-electron chi connectivity index (χ2n) is 3.81. The van der Waals surface area contributed by atoms with Gasteiger partial charge in [-0.05, 0) is 31.5 Å². The minimum absolute atomic E-state index is 0.0312. The van der Waals surface area contributed by atoms with E-state index >= 15 is 0 Å². The van der Waals surface area contributed by atoms with Gasteiger partial charge in [0.1, 0.15) is 6.23 Å². The second kappa shape index (κ2) is 7.27. The largest absolute Gasteiger partial charge is 0.366 e. The first kappa shape index (κ1) is 14.8. The molecule has 102 valence electrons. The molecule has 0 saturated carbocycles. The molecule has 0 bridgehead atoms. The van der Waals surface area contributed by atoms with E-state index < -0.39 is 4.92 Å². The monoisotopic (exact) mass is 263 g/mol. The molecule has 1 rings (SSSR count). The zero-order chi connectivity index (χ0) is 14.3. The third-order valence-corrected chi connectivity index (χ3v) is 2.46. The highest BCUT2D eigenvalue weighted by atomic mass is 16.6. The zero-order valence-electron chi connectivity index (χ0n) is 10.9. The van der Waals surface area contributed by atoms with Crippen molar-refractivity contribution < 1.29 is 9.66 Å². The number of nitro benzene ring substituents is 1. The van der Waals surface area contributed by atoms with E-state index in [-0.39, 0.29) is 11.9 Å². The number of rotatable bonds is 7. The number of hydrogen-bond acceptors (Lipinski definition) is 5. The van der Waals surface area contributed by atoms with E-state index in [0.29, 0.717) is 12.2 Å². The number of nitro groups is 1. The average molecular weight is 263 g/mol. The Kier molecular flexibility index (Phi) is 5.69. The van der Waals surface area contributed by atoms with Crippen LogP contribution in [-0.4, -0.2) is 24.0 Å². The van der Waals surface area contributed by atoms with Crippen LogP contribution in [0.5, 0.6) is 0 Å². The van der Waals surface area contributed by atoms with E-state index in [9.17, 15) is 10.1 Å². The fourth-order valence-corrected chi connectivity index (χ4v) is 1.49. The molecule has 1 atom stereocenters. The number of nitrogens with one attached hydrogen (secondary N) is 2. The lowest BCUT2D eigenvalue weighted by Gasteiger charge is -2.12. The summed E-state index contributed by atoms with van der Waals surface area (Å²) < 4.78 is 5.30. The minimum atomic E-state index is -0.451. The van der Waals surface area contributed by atoms with Crippen LogP contribution in [0.2, 0.25) is 0 Å². The van der Waals surface area contributed by atoms with Gasteiger partial charge >= 0.3 is 0 Å². The summed E-state index contributed by atoms with van der Waals surface area (Å²) in [7, 11) is 0. The van der Waals surface area contributed by atoms with Crippen LogP contribution in [0, 0.1) is 15.5 Å². The van der Waals surface area contributed by atoms with Crippen molar-refractivity contribution in [2.45, 2.75) is 20.1 Å². The van der Waals surface area contributed by atoms with Crippen LogP contribution in [-0.2, 0) is 4.74 Å². The predicted molar refractivity (Wildman–Crippen MR) is 74.1 cm³/mol. The van der Waals surface area contributed by atoms with Gasteiger partial charge in [0.2, 0.25) is 0 Å². The molecule has 0 spiro atoms. The summed E-state index contributed by atoms with van der Waals surface area (Å²) in [5.41, 5.74) is 1.39. The summed E-state index contributed by atoms with van der Waals surface area (Å²) in [6, 6.07) is 6.06. The Morgan fingerprint density at radius 1 is 1.53 bits per heavy atom. The minimum Gasteiger partial charge on any atom is -0.366 e. The fraction of sp³-hybridized carbons (Fsp3) is 0.308. The third-order valence-electron chi connectivity index (χ3n) is 2.46. The molecule has 0 radical (unpaired) electrons. The molecule has 0 amide bonds. The van der Waals surface area contributed by atoms with Crippen molar-refractivity contribution in [3.05, 3.63) is 46.1 Å². The standard InChI is InChI=1S/C13H17N3O3/c1-3-19-10(2)15-9-12(8-14)11-4-6-13(7-5-11)16(17)18/h4-10,14-15H,3H2,1-2H3/b12-9+,14-8?. The quantitative estimate of drug-likeness (QED) is 0.342. The molecule has 2 N–H and O–H groups in total. The molecule has 0 aliphatic heterocycles. The Morgan fingerprint density at radius 3 is 2.63 bits per heavy atom. The molecule has 6 heteroatoms. The lowest BCUT2D eigenvalue weighted by molar-refractivity contribution is -0.384. The van der Waals surface area contributed by atoms with E-state index in [1.165, 1.54) is 18.3 Å². The number of nitrogens with zero attached hydrogens (tertiary/aromatic N) is 1. The van der Waals surface area contributed by atoms with Gasteiger partial charge in [0.25, 0.3) is 5.69 Å². The molecule has 6 nitrogen and oxygen atoms in total. The highest BCUT2D eigenvalue weighted by Gasteiger charge is 2.06. The number of benzene rings is 1. The van der Waals surface area contributed by atoms with Crippen molar-refractivity contribution in [3.8, 4) is 0 Å². The first-order valence-corrected chi connectivity index (χ1v) is 5.91. The first-order valence-electron chi connectivity index (χ1n) is 5.91. The van der Waals surface area contributed by atoms with E-state index in [2.05, 4.69) is 5.32 Å². The molecule has 1 aromatic carbocycles. The normalized spacial score (nSPS) is 12.8. The van der Waals surface area contributed by atoms with Crippen LogP contribution in [0.4, 0.5) is 5.69 Å². The van der Waals surface area contributed by atoms with Crippen LogP contribution >= 0.6 is 0 Å². The van der Waals surface area contributed by atoms with Gasteiger partial charge in [-0.3, -0.25) is 10.1 Å². The van der Waals surface area contributed by atoms with Crippen molar-refractivity contribution in [1.29, 1.82) is 5.41 Å². The molecule has 0 aliphatic rings. The van der Waals surface area contributed by atoms with Gasteiger partial charge in [-0.2, -0.15) is 0 Å². The molecule has 1 aromatic rings. The van der Waals surface area contributed by atoms with Crippen LogP contribution in [0.25, 0.3) is 5.57 Å².